The number of ether oxygens (including phenoxy) is 1. The summed E-state index contributed by atoms with van der Waals surface area (Å²) in [5.74, 6) is 0.765. The summed E-state index contributed by atoms with van der Waals surface area (Å²) in [6.07, 6.45) is 9.02. The van der Waals surface area contributed by atoms with Gasteiger partial charge < -0.3 is 4.74 Å². The van der Waals surface area contributed by atoms with Crippen LogP contribution >= 0.6 is 0 Å². The number of hydrogen-bond donors (Lipinski definition) is 0. The average Bonchev–Trinajstić information content (AvgIpc) is 3.05. The number of rotatable bonds is 4. The molecular weight excluding hydrogens is 188 g/mol. The molecule has 2 fully saturated rings. The minimum Gasteiger partial charge on any atom is -0.367 e. The zero-order valence-corrected chi connectivity index (χ0v) is 9.76. The van der Waals surface area contributed by atoms with Crippen molar-refractivity contribution < 1.29 is 9.53 Å². The summed E-state index contributed by atoms with van der Waals surface area (Å²) in [5, 5.41) is 0. The molecule has 2 saturated carbocycles. The second kappa shape index (κ2) is 4.65. The van der Waals surface area contributed by atoms with Gasteiger partial charge in [-0.3, -0.25) is 4.79 Å². The van der Waals surface area contributed by atoms with Crippen LogP contribution in [0.1, 0.15) is 58.3 Å². The average molecular weight is 210 g/mol. The second-order valence-corrected chi connectivity index (χ2v) is 4.98. The van der Waals surface area contributed by atoms with Gasteiger partial charge >= 0.3 is 0 Å². The first-order valence-electron chi connectivity index (χ1n) is 6.47. The summed E-state index contributed by atoms with van der Waals surface area (Å²) in [4.78, 5) is 12.3. The molecule has 0 radical (unpaired) electrons. The zero-order chi connectivity index (χ0) is 10.7. The van der Waals surface area contributed by atoms with Gasteiger partial charge in [-0.05, 0) is 32.6 Å². The summed E-state index contributed by atoms with van der Waals surface area (Å²) in [7, 11) is 0. The van der Waals surface area contributed by atoms with Crippen LogP contribution in [0.5, 0.6) is 0 Å². The highest BCUT2D eigenvalue weighted by Crippen LogP contribution is 2.40. The number of carbonyl (C=O) groups excluding carboxylic acids is 1. The van der Waals surface area contributed by atoms with Gasteiger partial charge in [0.1, 0.15) is 5.60 Å². The highest BCUT2D eigenvalue weighted by molar-refractivity contribution is 5.91. The van der Waals surface area contributed by atoms with Crippen LogP contribution < -0.4 is 0 Å². The summed E-state index contributed by atoms with van der Waals surface area (Å²) in [6, 6.07) is 0. The van der Waals surface area contributed by atoms with Gasteiger partial charge in [0.2, 0.25) is 0 Å². The van der Waals surface area contributed by atoms with Gasteiger partial charge in [-0.15, -0.1) is 0 Å². The van der Waals surface area contributed by atoms with E-state index in [9.17, 15) is 4.79 Å². The van der Waals surface area contributed by atoms with E-state index in [0.717, 1.165) is 25.7 Å². The Labute approximate surface area is 92.4 Å². The van der Waals surface area contributed by atoms with Gasteiger partial charge in [-0.1, -0.05) is 25.7 Å². The lowest BCUT2D eigenvalue weighted by molar-refractivity contribution is -0.147. The molecule has 0 aromatic heterocycles. The van der Waals surface area contributed by atoms with E-state index in [-0.39, 0.29) is 5.60 Å². The van der Waals surface area contributed by atoms with Crippen LogP contribution in [0, 0.1) is 5.92 Å². The first-order valence-corrected chi connectivity index (χ1v) is 6.47. The van der Waals surface area contributed by atoms with Crippen molar-refractivity contribution in [2.45, 2.75) is 63.9 Å². The Hall–Kier alpha value is -0.370. The largest absolute Gasteiger partial charge is 0.367 e. The van der Waals surface area contributed by atoms with E-state index < -0.39 is 0 Å². The van der Waals surface area contributed by atoms with Crippen LogP contribution in [-0.4, -0.2) is 18.0 Å². The Morgan fingerprint density at radius 2 is 1.80 bits per heavy atom. The number of carbonyl (C=O) groups is 1. The van der Waals surface area contributed by atoms with E-state index in [0.29, 0.717) is 18.3 Å². The molecule has 0 bridgehead atoms. The molecule has 2 nitrogen and oxygen atoms in total. The second-order valence-electron chi connectivity index (χ2n) is 4.98. The molecule has 0 atom stereocenters. The number of Topliss-reactive ketones (excluding diaryl/α,β-unsaturated/α-hetero) is 1. The van der Waals surface area contributed by atoms with Gasteiger partial charge in [0, 0.05) is 12.5 Å². The van der Waals surface area contributed by atoms with E-state index in [2.05, 4.69) is 0 Å². The highest BCUT2D eigenvalue weighted by Gasteiger charge is 2.46. The van der Waals surface area contributed by atoms with Crippen LogP contribution in [0.3, 0.4) is 0 Å². The molecule has 0 aromatic rings. The van der Waals surface area contributed by atoms with E-state index in [4.69, 9.17) is 4.74 Å². The van der Waals surface area contributed by atoms with Crippen LogP contribution in [0.15, 0.2) is 0 Å². The van der Waals surface area contributed by atoms with E-state index in [1.807, 2.05) is 6.92 Å². The molecule has 15 heavy (non-hydrogen) atoms. The van der Waals surface area contributed by atoms with Crippen molar-refractivity contribution >= 4 is 5.78 Å². The van der Waals surface area contributed by atoms with Gasteiger partial charge in [0.15, 0.2) is 5.78 Å². The van der Waals surface area contributed by atoms with Crippen LogP contribution in [0.2, 0.25) is 0 Å². The molecule has 0 aliphatic heterocycles. The van der Waals surface area contributed by atoms with Crippen molar-refractivity contribution in [2.75, 3.05) is 6.61 Å². The van der Waals surface area contributed by atoms with Gasteiger partial charge in [0.05, 0.1) is 0 Å². The molecule has 2 rings (SSSR count). The summed E-state index contributed by atoms with van der Waals surface area (Å²) >= 11 is 0. The molecule has 0 N–H and O–H groups in total. The zero-order valence-electron chi connectivity index (χ0n) is 9.76. The van der Waals surface area contributed by atoms with Crippen molar-refractivity contribution in [3.63, 3.8) is 0 Å². The summed E-state index contributed by atoms with van der Waals surface area (Å²) in [5.41, 5.74) is -0.383. The van der Waals surface area contributed by atoms with Crippen LogP contribution in [0.4, 0.5) is 0 Å². The predicted molar refractivity (Wildman–Crippen MR) is 59.8 cm³/mol. The maximum Gasteiger partial charge on any atom is 0.167 e. The fourth-order valence-electron chi connectivity index (χ4n) is 2.76. The Kier molecular flexibility index (Phi) is 3.45. The minimum atomic E-state index is -0.383. The Morgan fingerprint density at radius 3 is 2.27 bits per heavy atom. The topological polar surface area (TPSA) is 26.3 Å². The smallest absolute Gasteiger partial charge is 0.167 e. The molecule has 0 heterocycles. The van der Waals surface area contributed by atoms with E-state index >= 15 is 0 Å². The molecule has 2 aliphatic carbocycles. The lowest BCUT2D eigenvalue weighted by Gasteiger charge is -2.31. The molecule has 0 aromatic carbocycles. The number of hydrogen-bond acceptors (Lipinski definition) is 2. The van der Waals surface area contributed by atoms with Gasteiger partial charge in [-0.2, -0.15) is 0 Å². The highest BCUT2D eigenvalue weighted by atomic mass is 16.5. The Bertz CT molecular complexity index is 223. The molecule has 2 heteroatoms. The third kappa shape index (κ3) is 2.41. The van der Waals surface area contributed by atoms with Crippen LogP contribution in [-0.2, 0) is 9.53 Å². The maximum absolute atomic E-state index is 12.3. The lowest BCUT2D eigenvalue weighted by Crippen LogP contribution is -2.42. The first kappa shape index (κ1) is 11.1. The molecule has 0 amide bonds. The molecule has 2 aliphatic rings. The molecule has 0 saturated heterocycles. The molecule has 0 spiro atoms. The Balaban J connectivity index is 2.08. The van der Waals surface area contributed by atoms with Gasteiger partial charge in [0.25, 0.3) is 0 Å². The first-order chi connectivity index (χ1) is 7.28. The fourth-order valence-corrected chi connectivity index (χ4v) is 2.76. The van der Waals surface area contributed by atoms with Crippen molar-refractivity contribution in [2.24, 2.45) is 5.92 Å². The third-order valence-electron chi connectivity index (χ3n) is 3.73. The van der Waals surface area contributed by atoms with E-state index in [1.54, 1.807) is 0 Å². The predicted octanol–water partition coefficient (Wildman–Crippen LogP) is 3.10. The Morgan fingerprint density at radius 1 is 1.20 bits per heavy atom. The van der Waals surface area contributed by atoms with Gasteiger partial charge in [-0.25, -0.2) is 0 Å². The van der Waals surface area contributed by atoms with E-state index in [1.165, 1.54) is 25.7 Å². The molecular formula is C13H22O2. The van der Waals surface area contributed by atoms with Crippen molar-refractivity contribution in [1.29, 1.82) is 0 Å². The minimum absolute atomic E-state index is 0.342. The molecule has 0 unspecified atom stereocenters. The molecule has 86 valence electrons. The lowest BCUT2D eigenvalue weighted by atomic mass is 9.87. The summed E-state index contributed by atoms with van der Waals surface area (Å²) in [6.45, 7) is 2.69. The normalized spacial score (nSPS) is 25.9. The third-order valence-corrected chi connectivity index (χ3v) is 3.73. The fraction of sp³-hybridized carbons (Fsp3) is 0.923. The standard InChI is InChI=1S/C13H22O2/c1-2-15-13(12(14)11-7-8-11)9-5-3-4-6-10-13/h11H,2-10H2,1H3. The summed E-state index contributed by atoms with van der Waals surface area (Å²) < 4.78 is 5.86. The van der Waals surface area contributed by atoms with Crippen LogP contribution in [0.25, 0.3) is 0 Å². The maximum atomic E-state index is 12.3. The quantitative estimate of drug-likeness (QED) is 0.666. The van der Waals surface area contributed by atoms with Crippen molar-refractivity contribution in [3.8, 4) is 0 Å². The van der Waals surface area contributed by atoms with Crippen molar-refractivity contribution in [1.82, 2.24) is 0 Å². The van der Waals surface area contributed by atoms with Crippen molar-refractivity contribution in [3.05, 3.63) is 0 Å². The SMILES string of the molecule is CCOC1(C(=O)C2CC2)CCCCCC1. The number of ketones is 1. The monoisotopic (exact) mass is 210 g/mol.